The number of ketones is 1. The molecule has 0 amide bonds. The molecule has 5 heteroatoms. The number of benzene rings is 1. The lowest BCUT2D eigenvalue weighted by Crippen LogP contribution is -2.08. The lowest BCUT2D eigenvalue weighted by Gasteiger charge is -2.12. The number of halogens is 3. The second kappa shape index (κ2) is 7.11. The summed E-state index contributed by atoms with van der Waals surface area (Å²) in [7, 11) is 0. The summed E-state index contributed by atoms with van der Waals surface area (Å²) < 4.78 is 38.9. The molecule has 0 saturated carbocycles. The van der Waals surface area contributed by atoms with E-state index in [-0.39, 0.29) is 22.5 Å². The fourth-order valence-electron chi connectivity index (χ4n) is 1.92. The van der Waals surface area contributed by atoms with Crippen LogP contribution in [-0.2, 0) is 11.0 Å². The number of carbonyl (C=O) groups is 1. The maximum absolute atomic E-state index is 13.0. The Hall–Kier alpha value is -2.30. The minimum atomic E-state index is -4.46. The Morgan fingerprint density at radius 1 is 1.27 bits per heavy atom. The zero-order valence-corrected chi connectivity index (χ0v) is 12.5. The van der Waals surface area contributed by atoms with Crippen LogP contribution in [0.4, 0.5) is 13.2 Å². The Kier molecular flexibility index (Phi) is 5.74. The van der Waals surface area contributed by atoms with E-state index in [1.54, 1.807) is 6.92 Å². The summed E-state index contributed by atoms with van der Waals surface area (Å²) >= 11 is 0. The molecule has 0 aliphatic heterocycles. The first-order valence-corrected chi connectivity index (χ1v) is 6.71. The summed E-state index contributed by atoms with van der Waals surface area (Å²) in [6.07, 6.45) is -1.19. The molecule has 0 heterocycles. The van der Waals surface area contributed by atoms with Crippen LogP contribution in [0.5, 0.6) is 0 Å². The highest BCUT2D eigenvalue weighted by Gasteiger charge is 2.33. The van der Waals surface area contributed by atoms with Gasteiger partial charge in [0.25, 0.3) is 0 Å². The van der Waals surface area contributed by atoms with Crippen LogP contribution in [0.15, 0.2) is 54.3 Å². The quantitative estimate of drug-likeness (QED) is 0.643. The zero-order chi connectivity index (χ0) is 16.9. The molecule has 0 unspecified atom stereocenters. The van der Waals surface area contributed by atoms with Crippen LogP contribution in [0, 0.1) is 0 Å². The minimum Gasteiger partial charge on any atom is -0.401 e. The number of hydrogen-bond acceptors (Lipinski definition) is 2. The predicted molar refractivity (Wildman–Crippen MR) is 81.8 cm³/mol. The monoisotopic (exact) mass is 309 g/mol. The van der Waals surface area contributed by atoms with Gasteiger partial charge in [0.15, 0.2) is 5.78 Å². The average Bonchev–Trinajstić information content (AvgIpc) is 2.45. The molecule has 0 aliphatic carbocycles. The van der Waals surface area contributed by atoms with E-state index in [4.69, 9.17) is 5.73 Å². The standard InChI is InChI=1S/C17H18F3NO/c1-4-16(21)14(12(3)22)10-9-11(2)13-7-5-6-8-15(13)17(18,19)20/h5-10H,2,4,21H2,1,3H3/b10-9-,16-14-. The van der Waals surface area contributed by atoms with Crippen molar-refractivity contribution in [2.75, 3.05) is 0 Å². The third-order valence-electron chi connectivity index (χ3n) is 3.14. The van der Waals surface area contributed by atoms with Crippen LogP contribution < -0.4 is 5.73 Å². The Bertz CT molecular complexity index is 640. The van der Waals surface area contributed by atoms with Gasteiger partial charge in [0.05, 0.1) is 5.56 Å². The van der Waals surface area contributed by atoms with Gasteiger partial charge >= 0.3 is 6.18 Å². The number of Topliss-reactive ketones (excluding diaryl/α,β-unsaturated/α-hetero) is 1. The van der Waals surface area contributed by atoms with Gasteiger partial charge in [-0.05, 0) is 36.6 Å². The van der Waals surface area contributed by atoms with Crippen LogP contribution >= 0.6 is 0 Å². The minimum absolute atomic E-state index is 0.0239. The molecule has 2 N–H and O–H groups in total. The van der Waals surface area contributed by atoms with Crippen LogP contribution in [-0.4, -0.2) is 5.78 Å². The SMILES string of the molecule is C=C(/C=C\C(C(C)=O)=C(\N)CC)c1ccccc1C(F)(F)F. The predicted octanol–water partition coefficient (Wildman–Crippen LogP) is 4.49. The normalized spacial score (nSPS) is 13.1. The number of rotatable bonds is 5. The van der Waals surface area contributed by atoms with Gasteiger partial charge in [-0.15, -0.1) is 0 Å². The van der Waals surface area contributed by atoms with Crippen molar-refractivity contribution in [3.8, 4) is 0 Å². The molecule has 0 spiro atoms. The van der Waals surface area contributed by atoms with Gasteiger partial charge in [0.2, 0.25) is 0 Å². The van der Waals surface area contributed by atoms with E-state index < -0.39 is 11.7 Å². The van der Waals surface area contributed by atoms with Gasteiger partial charge in [-0.3, -0.25) is 4.79 Å². The van der Waals surface area contributed by atoms with E-state index in [2.05, 4.69) is 6.58 Å². The molecular formula is C17H18F3NO. The third-order valence-corrected chi connectivity index (χ3v) is 3.14. The molecule has 0 aliphatic rings. The molecule has 22 heavy (non-hydrogen) atoms. The van der Waals surface area contributed by atoms with Gasteiger partial charge in [-0.25, -0.2) is 0 Å². The maximum atomic E-state index is 13.0. The molecule has 0 saturated heterocycles. The number of nitrogens with two attached hydrogens (primary N) is 1. The van der Waals surface area contributed by atoms with E-state index in [0.29, 0.717) is 12.1 Å². The van der Waals surface area contributed by atoms with Crippen molar-refractivity contribution >= 4 is 11.4 Å². The van der Waals surface area contributed by atoms with Crippen molar-refractivity contribution in [2.24, 2.45) is 5.73 Å². The van der Waals surface area contributed by atoms with Crippen LogP contribution in [0.25, 0.3) is 5.57 Å². The molecule has 0 aromatic heterocycles. The van der Waals surface area contributed by atoms with Crippen LogP contribution in [0.1, 0.15) is 31.4 Å². The van der Waals surface area contributed by atoms with Gasteiger partial charge < -0.3 is 5.73 Å². The molecule has 0 bridgehead atoms. The summed E-state index contributed by atoms with van der Waals surface area (Å²) in [6, 6.07) is 5.16. The van der Waals surface area contributed by atoms with Crippen molar-refractivity contribution in [2.45, 2.75) is 26.4 Å². The first-order chi connectivity index (χ1) is 10.2. The molecular weight excluding hydrogens is 291 g/mol. The summed E-state index contributed by atoms with van der Waals surface area (Å²) in [4.78, 5) is 11.5. The molecule has 0 radical (unpaired) electrons. The summed E-state index contributed by atoms with van der Waals surface area (Å²) in [6.45, 7) is 6.80. The fraction of sp³-hybridized carbons (Fsp3) is 0.235. The van der Waals surface area contributed by atoms with Gasteiger partial charge in [0, 0.05) is 11.3 Å². The van der Waals surface area contributed by atoms with Crippen molar-refractivity contribution in [3.05, 3.63) is 65.4 Å². The Morgan fingerprint density at radius 2 is 1.86 bits per heavy atom. The van der Waals surface area contributed by atoms with E-state index in [1.807, 2.05) is 0 Å². The molecule has 1 rings (SSSR count). The largest absolute Gasteiger partial charge is 0.417 e. The van der Waals surface area contributed by atoms with Gasteiger partial charge in [0.1, 0.15) is 0 Å². The van der Waals surface area contributed by atoms with Gasteiger partial charge in [-0.2, -0.15) is 13.2 Å². The molecule has 118 valence electrons. The lowest BCUT2D eigenvalue weighted by molar-refractivity contribution is -0.137. The van der Waals surface area contributed by atoms with Crippen molar-refractivity contribution in [1.82, 2.24) is 0 Å². The molecule has 0 atom stereocenters. The second-order valence-electron chi connectivity index (χ2n) is 4.75. The smallest absolute Gasteiger partial charge is 0.401 e. The number of carbonyl (C=O) groups excluding carboxylic acids is 1. The third kappa shape index (κ3) is 4.35. The summed E-state index contributed by atoms with van der Waals surface area (Å²) in [5.74, 6) is -0.243. The van der Waals surface area contributed by atoms with Crippen molar-refractivity contribution < 1.29 is 18.0 Å². The Balaban J connectivity index is 3.19. The number of alkyl halides is 3. The van der Waals surface area contributed by atoms with Crippen LogP contribution in [0.2, 0.25) is 0 Å². The van der Waals surface area contributed by atoms with E-state index in [9.17, 15) is 18.0 Å². The fourth-order valence-corrected chi connectivity index (χ4v) is 1.92. The first kappa shape index (κ1) is 17.8. The van der Waals surface area contributed by atoms with Crippen molar-refractivity contribution in [3.63, 3.8) is 0 Å². The molecule has 0 fully saturated rings. The highest BCUT2D eigenvalue weighted by Crippen LogP contribution is 2.34. The number of allylic oxidation sites excluding steroid dienone is 5. The summed E-state index contributed by atoms with van der Waals surface area (Å²) in [5, 5.41) is 0. The highest BCUT2D eigenvalue weighted by molar-refractivity contribution is 5.97. The average molecular weight is 309 g/mol. The van der Waals surface area contributed by atoms with Crippen LogP contribution in [0.3, 0.4) is 0 Å². The van der Waals surface area contributed by atoms with E-state index >= 15 is 0 Å². The maximum Gasteiger partial charge on any atom is 0.417 e. The molecule has 1 aromatic carbocycles. The highest BCUT2D eigenvalue weighted by atomic mass is 19.4. The van der Waals surface area contributed by atoms with E-state index in [0.717, 1.165) is 6.07 Å². The summed E-state index contributed by atoms with van der Waals surface area (Å²) in [5.41, 5.74) is 5.79. The topological polar surface area (TPSA) is 43.1 Å². The van der Waals surface area contributed by atoms with E-state index in [1.165, 1.54) is 37.3 Å². The molecule has 2 nitrogen and oxygen atoms in total. The van der Waals surface area contributed by atoms with Gasteiger partial charge in [-0.1, -0.05) is 37.8 Å². The lowest BCUT2D eigenvalue weighted by atomic mass is 9.98. The van der Waals surface area contributed by atoms with Crippen molar-refractivity contribution in [1.29, 1.82) is 0 Å². The zero-order valence-electron chi connectivity index (χ0n) is 12.5. The Labute approximate surface area is 127 Å². The first-order valence-electron chi connectivity index (χ1n) is 6.71. The number of hydrogen-bond donors (Lipinski definition) is 1. The second-order valence-corrected chi connectivity index (χ2v) is 4.75. The molecule has 1 aromatic rings. The Morgan fingerprint density at radius 3 is 2.36 bits per heavy atom.